The van der Waals surface area contributed by atoms with Crippen molar-refractivity contribution in [3.05, 3.63) is 53.1 Å². The lowest BCUT2D eigenvalue weighted by Gasteiger charge is -2.35. The van der Waals surface area contributed by atoms with Crippen LogP contribution < -0.4 is 14.2 Å². The number of alkyl halides is 3. The van der Waals surface area contributed by atoms with E-state index in [1.165, 1.54) is 6.07 Å². The maximum Gasteiger partial charge on any atom is 0.416 e. The van der Waals surface area contributed by atoms with Crippen LogP contribution in [0.3, 0.4) is 0 Å². The van der Waals surface area contributed by atoms with Gasteiger partial charge < -0.3 is 24.4 Å². The van der Waals surface area contributed by atoms with Gasteiger partial charge in [-0.25, -0.2) is 9.59 Å². The average molecular weight is 514 g/mol. The number of ether oxygens (including phenoxy) is 3. The van der Waals surface area contributed by atoms with Crippen molar-refractivity contribution in [2.24, 2.45) is 0 Å². The van der Waals surface area contributed by atoms with Crippen molar-refractivity contribution in [3.8, 4) is 17.2 Å². The summed E-state index contributed by atoms with van der Waals surface area (Å²) in [5.41, 5.74) is 0.744. The van der Waals surface area contributed by atoms with E-state index in [1.807, 2.05) is 12.1 Å². The van der Waals surface area contributed by atoms with Crippen LogP contribution in [-0.4, -0.2) is 79.5 Å². The second-order valence-corrected chi connectivity index (χ2v) is 7.81. The zero-order valence-corrected chi connectivity index (χ0v) is 20.2. The molecule has 9 nitrogen and oxygen atoms in total. The molecule has 12 heteroatoms. The van der Waals surface area contributed by atoms with Crippen LogP contribution in [0.4, 0.5) is 13.2 Å². The van der Waals surface area contributed by atoms with Crippen LogP contribution in [0.5, 0.6) is 17.2 Å². The maximum absolute atomic E-state index is 13.2. The number of hydrogen-bond acceptors (Lipinski definition) is 7. The Hall–Kier alpha value is -3.51. The molecule has 3 rings (SSSR count). The molecule has 1 saturated heterocycles. The van der Waals surface area contributed by atoms with E-state index in [0.29, 0.717) is 49.0 Å². The molecule has 2 aromatic rings. The summed E-state index contributed by atoms with van der Waals surface area (Å²) >= 11 is 0. The minimum Gasteiger partial charge on any atom is -0.493 e. The molecule has 1 aliphatic heterocycles. The van der Waals surface area contributed by atoms with Gasteiger partial charge in [0.2, 0.25) is 5.75 Å². The van der Waals surface area contributed by atoms with Gasteiger partial charge in [0.15, 0.2) is 11.5 Å². The topological polar surface area (TPSA) is 109 Å². The van der Waals surface area contributed by atoms with E-state index in [-0.39, 0.29) is 0 Å². The first-order chi connectivity index (χ1) is 17.0. The Morgan fingerprint density at radius 2 is 1.28 bits per heavy atom. The number of piperazine rings is 1. The SMILES string of the molecule is COc1ccc(CN2CCN(Cc3ccccc3C(F)(F)F)CC2)c(OC)c1OC.O=C(O)C(=O)O. The van der Waals surface area contributed by atoms with Crippen LogP contribution in [0.25, 0.3) is 0 Å². The highest BCUT2D eigenvalue weighted by Gasteiger charge is 2.33. The molecular weight excluding hydrogens is 485 g/mol. The van der Waals surface area contributed by atoms with Crippen LogP contribution >= 0.6 is 0 Å². The Kier molecular flexibility index (Phi) is 10.4. The van der Waals surface area contributed by atoms with E-state index < -0.39 is 23.7 Å². The molecule has 0 aromatic heterocycles. The zero-order valence-electron chi connectivity index (χ0n) is 20.2. The van der Waals surface area contributed by atoms with Crippen LogP contribution in [0.1, 0.15) is 16.7 Å². The highest BCUT2D eigenvalue weighted by molar-refractivity contribution is 6.27. The van der Waals surface area contributed by atoms with Crippen molar-refractivity contribution in [3.63, 3.8) is 0 Å². The molecule has 1 fully saturated rings. The molecule has 0 spiro atoms. The minimum absolute atomic E-state index is 0.295. The summed E-state index contributed by atoms with van der Waals surface area (Å²) < 4.78 is 56.0. The summed E-state index contributed by atoms with van der Waals surface area (Å²) in [4.78, 5) is 22.5. The van der Waals surface area contributed by atoms with Gasteiger partial charge in [-0.2, -0.15) is 13.2 Å². The van der Waals surface area contributed by atoms with Crippen molar-refractivity contribution in [1.82, 2.24) is 9.80 Å². The molecule has 0 atom stereocenters. The lowest BCUT2D eigenvalue weighted by atomic mass is 10.1. The molecule has 1 heterocycles. The van der Waals surface area contributed by atoms with E-state index >= 15 is 0 Å². The van der Waals surface area contributed by atoms with Gasteiger partial charge >= 0.3 is 18.1 Å². The third kappa shape index (κ3) is 7.75. The summed E-state index contributed by atoms with van der Waals surface area (Å²) in [6.45, 7) is 3.86. The summed E-state index contributed by atoms with van der Waals surface area (Å²) in [5, 5.41) is 14.8. The third-order valence-corrected chi connectivity index (χ3v) is 5.54. The average Bonchev–Trinajstić information content (AvgIpc) is 2.84. The first-order valence-electron chi connectivity index (χ1n) is 10.9. The standard InChI is InChI=1S/C22H27F3N2O3.C2H2O4/c1-28-19-9-8-17(20(29-2)21(19)30-3)15-27-12-10-26(11-13-27)14-16-6-4-5-7-18(16)22(23,24)25;3-1(4)2(5)6/h4-9H,10-15H2,1-3H3;(H,3,4)(H,5,6). The minimum atomic E-state index is -4.33. The molecule has 2 N–H and O–H groups in total. The lowest BCUT2D eigenvalue weighted by Crippen LogP contribution is -2.45. The molecular formula is C24H29F3N2O7. The normalized spacial score (nSPS) is 14.4. The van der Waals surface area contributed by atoms with Gasteiger partial charge in [0, 0.05) is 44.8 Å². The zero-order chi connectivity index (χ0) is 26.9. The Bertz CT molecular complexity index is 1030. The fourth-order valence-electron chi connectivity index (χ4n) is 3.81. The second-order valence-electron chi connectivity index (χ2n) is 7.81. The molecule has 36 heavy (non-hydrogen) atoms. The molecule has 0 amide bonds. The molecule has 0 bridgehead atoms. The highest BCUT2D eigenvalue weighted by atomic mass is 19.4. The molecule has 0 unspecified atom stereocenters. The van der Waals surface area contributed by atoms with Gasteiger partial charge in [-0.3, -0.25) is 9.80 Å². The van der Waals surface area contributed by atoms with Crippen molar-refractivity contribution in [2.45, 2.75) is 19.3 Å². The monoisotopic (exact) mass is 514 g/mol. The first-order valence-corrected chi connectivity index (χ1v) is 10.9. The van der Waals surface area contributed by atoms with E-state index in [4.69, 9.17) is 34.0 Å². The molecule has 0 aliphatic carbocycles. The van der Waals surface area contributed by atoms with E-state index in [9.17, 15) is 13.2 Å². The van der Waals surface area contributed by atoms with Crippen LogP contribution in [0.2, 0.25) is 0 Å². The van der Waals surface area contributed by atoms with Gasteiger partial charge in [-0.15, -0.1) is 0 Å². The van der Waals surface area contributed by atoms with Crippen molar-refractivity contribution < 1.29 is 47.2 Å². The predicted octanol–water partition coefficient (Wildman–Crippen LogP) is 3.20. The third-order valence-electron chi connectivity index (χ3n) is 5.54. The molecule has 0 radical (unpaired) electrons. The Morgan fingerprint density at radius 1 is 0.778 bits per heavy atom. The highest BCUT2D eigenvalue weighted by Crippen LogP contribution is 2.40. The number of hydrogen-bond donors (Lipinski definition) is 2. The number of carboxylic acids is 2. The number of nitrogens with zero attached hydrogens (tertiary/aromatic N) is 2. The quantitative estimate of drug-likeness (QED) is 0.539. The first kappa shape index (κ1) is 28.7. The van der Waals surface area contributed by atoms with E-state index in [2.05, 4.69) is 9.80 Å². The lowest BCUT2D eigenvalue weighted by molar-refractivity contribution is -0.159. The number of carboxylic acid groups (broad SMARTS) is 2. The second kappa shape index (κ2) is 13.0. The number of carbonyl (C=O) groups is 2. The predicted molar refractivity (Wildman–Crippen MR) is 123 cm³/mol. The van der Waals surface area contributed by atoms with E-state index in [0.717, 1.165) is 24.7 Å². The Morgan fingerprint density at radius 3 is 1.72 bits per heavy atom. The molecule has 198 valence electrons. The van der Waals surface area contributed by atoms with Crippen LogP contribution in [0, 0.1) is 0 Å². The number of aliphatic carboxylic acids is 2. The largest absolute Gasteiger partial charge is 0.493 e. The van der Waals surface area contributed by atoms with Gasteiger partial charge in [-0.1, -0.05) is 24.3 Å². The molecule has 2 aromatic carbocycles. The maximum atomic E-state index is 13.2. The van der Waals surface area contributed by atoms with Crippen LogP contribution in [0.15, 0.2) is 36.4 Å². The van der Waals surface area contributed by atoms with Gasteiger partial charge in [0.1, 0.15) is 0 Å². The Balaban J connectivity index is 0.000000678. The van der Waals surface area contributed by atoms with Gasteiger partial charge in [-0.05, 0) is 17.7 Å². The molecule has 0 saturated carbocycles. The molecule has 1 aliphatic rings. The van der Waals surface area contributed by atoms with Gasteiger partial charge in [0.25, 0.3) is 0 Å². The summed E-state index contributed by atoms with van der Waals surface area (Å²) in [5.74, 6) is -1.85. The summed E-state index contributed by atoms with van der Waals surface area (Å²) in [6, 6.07) is 9.59. The summed E-state index contributed by atoms with van der Waals surface area (Å²) in [7, 11) is 4.74. The fourth-order valence-corrected chi connectivity index (χ4v) is 3.81. The fraction of sp³-hybridized carbons (Fsp3) is 0.417. The number of halogens is 3. The number of rotatable bonds is 7. The summed E-state index contributed by atoms with van der Waals surface area (Å²) in [6.07, 6.45) is -4.33. The number of methoxy groups -OCH3 is 3. The smallest absolute Gasteiger partial charge is 0.416 e. The number of benzene rings is 2. The Labute approximate surface area is 206 Å². The van der Waals surface area contributed by atoms with Crippen molar-refractivity contribution >= 4 is 11.9 Å². The van der Waals surface area contributed by atoms with E-state index in [1.54, 1.807) is 33.5 Å². The van der Waals surface area contributed by atoms with Crippen molar-refractivity contribution in [2.75, 3.05) is 47.5 Å². The van der Waals surface area contributed by atoms with Crippen LogP contribution in [-0.2, 0) is 28.9 Å². The van der Waals surface area contributed by atoms with Crippen molar-refractivity contribution in [1.29, 1.82) is 0 Å². The van der Waals surface area contributed by atoms with Gasteiger partial charge in [0.05, 0.1) is 26.9 Å².